The smallest absolute Gasteiger partial charge is 0.244 e. The highest BCUT2D eigenvalue weighted by Crippen LogP contribution is 2.22. The van der Waals surface area contributed by atoms with Crippen LogP contribution in [0.25, 0.3) is 0 Å². The van der Waals surface area contributed by atoms with Crippen molar-refractivity contribution in [3.8, 4) is 0 Å². The van der Waals surface area contributed by atoms with Crippen molar-refractivity contribution in [3.63, 3.8) is 0 Å². The van der Waals surface area contributed by atoms with Gasteiger partial charge in [0.05, 0.1) is 11.9 Å². The number of amides is 2. The molecule has 0 heterocycles. The van der Waals surface area contributed by atoms with Gasteiger partial charge in [-0.3, -0.25) is 13.9 Å². The molecule has 2 amide bonds. The van der Waals surface area contributed by atoms with Gasteiger partial charge in [-0.1, -0.05) is 53.5 Å². The zero-order chi connectivity index (χ0) is 24.6. The van der Waals surface area contributed by atoms with Gasteiger partial charge in [0, 0.05) is 22.6 Å². The third-order valence-electron chi connectivity index (χ3n) is 5.00. The summed E-state index contributed by atoms with van der Waals surface area (Å²) in [5.74, 6) is -0.743. The topological polar surface area (TPSA) is 86.8 Å². The summed E-state index contributed by atoms with van der Waals surface area (Å²) < 4.78 is 26.9. The first-order valence-electron chi connectivity index (χ1n) is 10.6. The summed E-state index contributed by atoms with van der Waals surface area (Å²) in [6.45, 7) is 3.98. The molecule has 2 aromatic carbocycles. The van der Waals surface area contributed by atoms with Crippen LogP contribution in [0.4, 0.5) is 5.69 Å². The number of nitrogens with zero attached hydrogens (tertiary/aromatic N) is 2. The Morgan fingerprint density at radius 3 is 2.18 bits per heavy atom. The van der Waals surface area contributed by atoms with Crippen molar-refractivity contribution < 1.29 is 18.0 Å². The van der Waals surface area contributed by atoms with Crippen molar-refractivity contribution in [2.75, 3.05) is 23.7 Å². The number of rotatable bonds is 11. The van der Waals surface area contributed by atoms with Crippen LogP contribution < -0.4 is 9.62 Å². The van der Waals surface area contributed by atoms with E-state index in [2.05, 4.69) is 21.2 Å². The molecule has 0 aliphatic carbocycles. The highest BCUT2D eigenvalue weighted by atomic mass is 79.9. The molecule has 33 heavy (non-hydrogen) atoms. The van der Waals surface area contributed by atoms with Crippen LogP contribution >= 0.6 is 27.5 Å². The first-order valence-corrected chi connectivity index (χ1v) is 13.6. The summed E-state index contributed by atoms with van der Waals surface area (Å²) in [5.41, 5.74) is 1.15. The van der Waals surface area contributed by atoms with Gasteiger partial charge in [-0.2, -0.15) is 0 Å². The maximum atomic E-state index is 13.5. The van der Waals surface area contributed by atoms with E-state index < -0.39 is 28.5 Å². The lowest BCUT2D eigenvalue weighted by Crippen LogP contribution is -2.52. The van der Waals surface area contributed by atoms with Crippen molar-refractivity contribution in [3.05, 3.63) is 63.6 Å². The first kappa shape index (κ1) is 27.1. The van der Waals surface area contributed by atoms with Crippen LogP contribution in [-0.2, 0) is 26.2 Å². The van der Waals surface area contributed by atoms with E-state index in [9.17, 15) is 18.0 Å². The van der Waals surface area contributed by atoms with Gasteiger partial charge in [0.2, 0.25) is 21.8 Å². The van der Waals surface area contributed by atoms with Gasteiger partial charge < -0.3 is 10.2 Å². The molecular formula is C23H29BrClN3O4S. The Labute approximate surface area is 209 Å². The molecule has 2 aromatic rings. The van der Waals surface area contributed by atoms with Crippen LogP contribution in [0, 0.1) is 0 Å². The van der Waals surface area contributed by atoms with Gasteiger partial charge in [0.15, 0.2) is 0 Å². The van der Waals surface area contributed by atoms with Gasteiger partial charge in [0.1, 0.15) is 12.6 Å². The average molecular weight is 559 g/mol. The minimum Gasteiger partial charge on any atom is -0.354 e. The summed E-state index contributed by atoms with van der Waals surface area (Å²) in [6, 6.07) is 12.9. The normalized spacial score (nSPS) is 12.2. The fourth-order valence-corrected chi connectivity index (χ4v) is 4.53. The Balaban J connectivity index is 2.39. The predicted molar refractivity (Wildman–Crippen MR) is 136 cm³/mol. The number of benzene rings is 2. The van der Waals surface area contributed by atoms with Gasteiger partial charge in [-0.25, -0.2) is 8.42 Å². The number of anilines is 1. The second-order valence-electron chi connectivity index (χ2n) is 7.61. The van der Waals surface area contributed by atoms with Crippen LogP contribution in [0.15, 0.2) is 53.0 Å². The van der Waals surface area contributed by atoms with Crippen LogP contribution in [0.2, 0.25) is 5.02 Å². The first-order chi connectivity index (χ1) is 15.6. The third-order valence-corrected chi connectivity index (χ3v) is 6.92. The standard InChI is InChI=1S/C23H29BrClN3O4S/c1-4-14-26-23(30)21(5-2)27(15-17-6-10-19(25)11-7-17)22(29)16-28(33(3,31)32)20-12-8-18(24)9-13-20/h6-13,21H,4-5,14-16H2,1-3H3,(H,26,30)/t21-/m1/s1. The molecule has 0 radical (unpaired) electrons. The molecule has 2 rings (SSSR count). The molecule has 1 N–H and O–H groups in total. The second-order valence-corrected chi connectivity index (χ2v) is 10.9. The van der Waals surface area contributed by atoms with E-state index in [0.29, 0.717) is 23.7 Å². The number of carbonyl (C=O) groups is 2. The third kappa shape index (κ3) is 8.01. The Bertz CT molecular complexity index is 1050. The zero-order valence-corrected chi connectivity index (χ0v) is 22.1. The minimum absolute atomic E-state index is 0.145. The van der Waals surface area contributed by atoms with E-state index in [1.807, 2.05) is 13.8 Å². The van der Waals surface area contributed by atoms with E-state index in [0.717, 1.165) is 27.0 Å². The SMILES string of the molecule is CCCNC(=O)[C@@H](CC)N(Cc1ccc(Cl)cc1)C(=O)CN(c1ccc(Br)cc1)S(C)(=O)=O. The van der Waals surface area contributed by atoms with Gasteiger partial charge in [0.25, 0.3) is 0 Å². The number of halogens is 2. The van der Waals surface area contributed by atoms with Gasteiger partial charge >= 0.3 is 0 Å². The lowest BCUT2D eigenvalue weighted by molar-refractivity contribution is -0.140. The highest BCUT2D eigenvalue weighted by Gasteiger charge is 2.31. The predicted octanol–water partition coefficient (Wildman–Crippen LogP) is 4.20. The molecular weight excluding hydrogens is 530 g/mol. The molecule has 0 aliphatic rings. The molecule has 0 bridgehead atoms. The summed E-state index contributed by atoms with van der Waals surface area (Å²) in [5, 5.41) is 3.40. The lowest BCUT2D eigenvalue weighted by Gasteiger charge is -2.33. The quantitative estimate of drug-likeness (QED) is 0.448. The Morgan fingerprint density at radius 2 is 1.67 bits per heavy atom. The fourth-order valence-electron chi connectivity index (χ4n) is 3.29. The largest absolute Gasteiger partial charge is 0.354 e. The molecule has 0 unspecified atom stereocenters. The number of hydrogen-bond donors (Lipinski definition) is 1. The summed E-state index contributed by atoms with van der Waals surface area (Å²) in [7, 11) is -3.75. The number of nitrogens with one attached hydrogen (secondary N) is 1. The summed E-state index contributed by atoms with van der Waals surface area (Å²) in [4.78, 5) is 27.8. The van der Waals surface area contributed by atoms with Crippen LogP contribution in [0.5, 0.6) is 0 Å². The van der Waals surface area contributed by atoms with E-state index in [4.69, 9.17) is 11.6 Å². The van der Waals surface area contributed by atoms with Crippen LogP contribution in [-0.4, -0.2) is 50.5 Å². The van der Waals surface area contributed by atoms with E-state index in [1.165, 1.54) is 4.90 Å². The molecule has 0 saturated carbocycles. The molecule has 0 spiro atoms. The molecule has 0 aliphatic heterocycles. The van der Waals surface area contributed by atoms with E-state index in [1.54, 1.807) is 48.5 Å². The lowest BCUT2D eigenvalue weighted by atomic mass is 10.1. The molecule has 10 heteroatoms. The number of hydrogen-bond acceptors (Lipinski definition) is 4. The number of carbonyl (C=O) groups excluding carboxylic acids is 2. The van der Waals surface area contributed by atoms with Crippen LogP contribution in [0.1, 0.15) is 32.3 Å². The maximum absolute atomic E-state index is 13.5. The zero-order valence-electron chi connectivity index (χ0n) is 18.9. The average Bonchev–Trinajstić information content (AvgIpc) is 2.77. The van der Waals surface area contributed by atoms with E-state index in [-0.39, 0.29) is 12.5 Å². The highest BCUT2D eigenvalue weighted by molar-refractivity contribution is 9.10. The Morgan fingerprint density at radius 1 is 1.06 bits per heavy atom. The van der Waals surface area contributed by atoms with Crippen molar-refractivity contribution in [2.24, 2.45) is 0 Å². The minimum atomic E-state index is -3.75. The monoisotopic (exact) mass is 557 g/mol. The van der Waals surface area contributed by atoms with Crippen molar-refractivity contribution in [1.29, 1.82) is 0 Å². The number of sulfonamides is 1. The second kappa shape index (κ2) is 12.4. The summed E-state index contributed by atoms with van der Waals surface area (Å²) in [6.07, 6.45) is 2.20. The van der Waals surface area contributed by atoms with Crippen LogP contribution in [0.3, 0.4) is 0 Å². The molecule has 1 atom stereocenters. The molecule has 0 aromatic heterocycles. The summed E-state index contributed by atoms with van der Waals surface area (Å²) >= 11 is 9.31. The van der Waals surface area contributed by atoms with Crippen molar-refractivity contribution in [1.82, 2.24) is 10.2 Å². The molecule has 180 valence electrons. The van der Waals surface area contributed by atoms with Crippen molar-refractivity contribution in [2.45, 2.75) is 39.3 Å². The Kier molecular flexibility index (Phi) is 10.2. The van der Waals surface area contributed by atoms with Crippen molar-refractivity contribution >= 4 is 55.1 Å². The molecule has 7 nitrogen and oxygen atoms in total. The van der Waals surface area contributed by atoms with Gasteiger partial charge in [-0.15, -0.1) is 0 Å². The Hall–Kier alpha value is -2.10. The molecule has 0 fully saturated rings. The van der Waals surface area contributed by atoms with Gasteiger partial charge in [-0.05, 0) is 54.8 Å². The van der Waals surface area contributed by atoms with E-state index >= 15 is 0 Å². The molecule has 0 saturated heterocycles. The fraction of sp³-hybridized carbons (Fsp3) is 0.391. The maximum Gasteiger partial charge on any atom is 0.244 e.